The highest BCUT2D eigenvalue weighted by Gasteiger charge is 2.16. The van der Waals surface area contributed by atoms with Crippen LogP contribution < -0.4 is 0 Å². The number of nitrogens with zero attached hydrogens (tertiary/aromatic N) is 1. The van der Waals surface area contributed by atoms with Gasteiger partial charge in [0.15, 0.2) is 5.76 Å². The maximum Gasteiger partial charge on any atom is 0.336 e. The molecular weight excluding hydrogens is 357 g/mol. The molecule has 4 nitrogen and oxygen atoms in total. The Bertz CT molecular complexity index is 1180. The summed E-state index contributed by atoms with van der Waals surface area (Å²) < 4.78 is 19.5. The largest absolute Gasteiger partial charge is 0.478 e. The number of halogens is 1. The predicted octanol–water partition coefficient (Wildman–Crippen LogP) is 6.12. The molecular formula is C23H18FNO3. The number of carbonyl (C=O) groups is 1. The summed E-state index contributed by atoms with van der Waals surface area (Å²) in [5, 5.41) is 9.77. The minimum Gasteiger partial charge on any atom is -0.478 e. The summed E-state index contributed by atoms with van der Waals surface area (Å²) in [5.41, 5.74) is 2.94. The number of hydrogen-bond donors (Lipinski definition) is 1. The second-order valence-electron chi connectivity index (χ2n) is 6.96. The van der Waals surface area contributed by atoms with Crippen LogP contribution in [-0.4, -0.2) is 16.1 Å². The number of aromatic carboxylic acids is 1. The summed E-state index contributed by atoms with van der Waals surface area (Å²) in [6.45, 7) is 4.27. The summed E-state index contributed by atoms with van der Waals surface area (Å²) in [6.07, 6.45) is 0. The van der Waals surface area contributed by atoms with Crippen molar-refractivity contribution >= 4 is 16.9 Å². The Morgan fingerprint density at radius 2 is 1.71 bits per heavy atom. The van der Waals surface area contributed by atoms with Gasteiger partial charge in [-0.1, -0.05) is 38.1 Å². The van der Waals surface area contributed by atoms with Gasteiger partial charge in [0.25, 0.3) is 0 Å². The Balaban J connectivity index is 1.77. The second kappa shape index (κ2) is 6.93. The maximum atomic E-state index is 13.5. The number of hydrogen-bond acceptors (Lipinski definition) is 3. The van der Waals surface area contributed by atoms with E-state index in [1.165, 1.54) is 29.8 Å². The molecule has 0 atom stereocenters. The Labute approximate surface area is 161 Å². The van der Waals surface area contributed by atoms with Crippen LogP contribution in [0.15, 0.2) is 65.1 Å². The van der Waals surface area contributed by atoms with Crippen LogP contribution in [0.3, 0.4) is 0 Å². The van der Waals surface area contributed by atoms with Crippen LogP contribution in [0.1, 0.15) is 35.7 Å². The maximum absolute atomic E-state index is 13.5. The van der Waals surface area contributed by atoms with Gasteiger partial charge in [0.05, 0.1) is 11.1 Å². The van der Waals surface area contributed by atoms with Crippen LogP contribution in [0.5, 0.6) is 0 Å². The third-order valence-electron chi connectivity index (χ3n) is 4.72. The molecule has 2 aromatic heterocycles. The number of benzene rings is 2. The molecule has 5 heteroatoms. The minimum atomic E-state index is -1.14. The molecule has 0 unspecified atom stereocenters. The van der Waals surface area contributed by atoms with Crippen LogP contribution in [0.4, 0.5) is 4.39 Å². The van der Waals surface area contributed by atoms with Crippen molar-refractivity contribution in [2.45, 2.75) is 19.8 Å². The van der Waals surface area contributed by atoms with Crippen LogP contribution in [0.2, 0.25) is 0 Å². The van der Waals surface area contributed by atoms with E-state index in [0.29, 0.717) is 28.6 Å². The zero-order valence-electron chi connectivity index (χ0n) is 15.4. The number of pyridine rings is 1. The summed E-state index contributed by atoms with van der Waals surface area (Å²) in [4.78, 5) is 16.1. The monoisotopic (exact) mass is 375 g/mol. The Morgan fingerprint density at radius 1 is 1.00 bits per heavy atom. The van der Waals surface area contributed by atoms with E-state index >= 15 is 0 Å². The lowest BCUT2D eigenvalue weighted by Crippen LogP contribution is -2.00. The van der Waals surface area contributed by atoms with E-state index in [0.717, 1.165) is 5.56 Å². The lowest BCUT2D eigenvalue weighted by molar-refractivity contribution is 0.0699. The van der Waals surface area contributed by atoms with Crippen LogP contribution in [0, 0.1) is 5.82 Å². The molecule has 4 rings (SSSR count). The normalized spacial score (nSPS) is 11.3. The van der Waals surface area contributed by atoms with Crippen molar-refractivity contribution in [1.29, 1.82) is 0 Å². The molecule has 0 spiro atoms. The second-order valence-corrected chi connectivity index (χ2v) is 6.96. The van der Waals surface area contributed by atoms with Crippen molar-refractivity contribution in [3.05, 3.63) is 77.6 Å². The van der Waals surface area contributed by atoms with Crippen molar-refractivity contribution in [1.82, 2.24) is 4.98 Å². The molecule has 0 saturated heterocycles. The molecule has 0 saturated carbocycles. The molecule has 140 valence electrons. The molecule has 2 aromatic carbocycles. The molecule has 0 aliphatic heterocycles. The highest BCUT2D eigenvalue weighted by atomic mass is 19.1. The topological polar surface area (TPSA) is 63.3 Å². The first-order chi connectivity index (χ1) is 13.4. The fourth-order valence-electron chi connectivity index (χ4n) is 3.16. The molecule has 0 radical (unpaired) electrons. The van der Waals surface area contributed by atoms with Gasteiger partial charge in [0.1, 0.15) is 17.3 Å². The molecule has 28 heavy (non-hydrogen) atoms. The summed E-state index contributed by atoms with van der Waals surface area (Å²) in [6, 6.07) is 17.0. The van der Waals surface area contributed by atoms with Crippen molar-refractivity contribution in [2.24, 2.45) is 0 Å². The van der Waals surface area contributed by atoms with Gasteiger partial charge in [-0.2, -0.15) is 0 Å². The lowest BCUT2D eigenvalue weighted by atomic mass is 10.0. The number of furan rings is 1. The molecule has 2 heterocycles. The number of rotatable bonds is 4. The van der Waals surface area contributed by atoms with Crippen molar-refractivity contribution in [2.75, 3.05) is 0 Å². The molecule has 0 aliphatic carbocycles. The number of carboxylic acid groups (broad SMARTS) is 1. The Morgan fingerprint density at radius 3 is 2.39 bits per heavy atom. The number of aromatic nitrogens is 1. The third-order valence-corrected chi connectivity index (χ3v) is 4.72. The predicted molar refractivity (Wildman–Crippen MR) is 106 cm³/mol. The van der Waals surface area contributed by atoms with Crippen LogP contribution in [-0.2, 0) is 0 Å². The Hall–Kier alpha value is -3.47. The van der Waals surface area contributed by atoms with Crippen molar-refractivity contribution in [3.63, 3.8) is 0 Å². The van der Waals surface area contributed by atoms with Crippen LogP contribution >= 0.6 is 0 Å². The first kappa shape index (κ1) is 17.9. The minimum absolute atomic E-state index is 0.0151. The van der Waals surface area contributed by atoms with Gasteiger partial charge in [0, 0.05) is 10.9 Å². The molecule has 4 aromatic rings. The molecule has 0 bridgehead atoms. The fourth-order valence-corrected chi connectivity index (χ4v) is 3.16. The van der Waals surface area contributed by atoms with Gasteiger partial charge in [-0.3, -0.25) is 0 Å². The van der Waals surface area contributed by atoms with E-state index in [-0.39, 0.29) is 10.9 Å². The van der Waals surface area contributed by atoms with E-state index in [2.05, 4.69) is 31.0 Å². The highest BCUT2D eigenvalue weighted by Crippen LogP contribution is 2.31. The summed E-state index contributed by atoms with van der Waals surface area (Å²) in [5.74, 6) is -0.0767. The quantitative estimate of drug-likeness (QED) is 0.466. The number of fused-ring (bicyclic) bond motifs is 1. The van der Waals surface area contributed by atoms with Gasteiger partial charge in [-0.25, -0.2) is 14.2 Å². The van der Waals surface area contributed by atoms with Crippen LogP contribution in [0.25, 0.3) is 33.7 Å². The highest BCUT2D eigenvalue weighted by molar-refractivity contribution is 6.03. The average Bonchev–Trinajstić information content (AvgIpc) is 3.17. The van der Waals surface area contributed by atoms with Crippen molar-refractivity contribution < 1.29 is 18.7 Å². The van der Waals surface area contributed by atoms with E-state index in [1.54, 1.807) is 6.07 Å². The standard InChI is InChI=1S/C23H18FNO3/c1-13(2)14-3-5-15(6-4-14)21-9-10-22(28-21)20-12-18(23(26)27)17-11-16(24)7-8-19(17)25-20/h3-13H,1-2H3,(H,26,27). The van der Waals surface area contributed by atoms with Gasteiger partial charge >= 0.3 is 5.97 Å². The van der Waals surface area contributed by atoms with Gasteiger partial charge in [-0.15, -0.1) is 0 Å². The molecule has 1 N–H and O–H groups in total. The van der Waals surface area contributed by atoms with Gasteiger partial charge in [0.2, 0.25) is 0 Å². The smallest absolute Gasteiger partial charge is 0.336 e. The van der Waals surface area contributed by atoms with Crippen molar-refractivity contribution in [3.8, 4) is 22.8 Å². The van der Waals surface area contributed by atoms with E-state index in [4.69, 9.17) is 4.42 Å². The van der Waals surface area contributed by atoms with E-state index in [1.807, 2.05) is 18.2 Å². The molecule has 0 aliphatic rings. The summed E-state index contributed by atoms with van der Waals surface area (Å²) in [7, 11) is 0. The van der Waals surface area contributed by atoms with E-state index < -0.39 is 11.8 Å². The van der Waals surface area contributed by atoms with E-state index in [9.17, 15) is 14.3 Å². The summed E-state index contributed by atoms with van der Waals surface area (Å²) >= 11 is 0. The SMILES string of the molecule is CC(C)c1ccc(-c2ccc(-c3cc(C(=O)O)c4cc(F)ccc4n3)o2)cc1. The number of carboxylic acids is 1. The lowest BCUT2D eigenvalue weighted by Gasteiger charge is -2.06. The molecule has 0 fully saturated rings. The first-order valence-corrected chi connectivity index (χ1v) is 8.96. The zero-order valence-corrected chi connectivity index (χ0v) is 15.4. The Kier molecular flexibility index (Phi) is 4.43. The van der Waals surface area contributed by atoms with Gasteiger partial charge < -0.3 is 9.52 Å². The first-order valence-electron chi connectivity index (χ1n) is 8.96. The zero-order chi connectivity index (χ0) is 19.8. The molecule has 0 amide bonds. The van der Waals surface area contributed by atoms with Gasteiger partial charge in [-0.05, 0) is 47.9 Å². The average molecular weight is 375 g/mol. The fraction of sp³-hybridized carbons (Fsp3) is 0.130. The third kappa shape index (κ3) is 3.27.